The normalized spacial score (nSPS) is 12.0. The predicted molar refractivity (Wildman–Crippen MR) is 76.2 cm³/mol. The fraction of sp³-hybridized carbons (Fsp3) is 0.250. The van der Waals surface area contributed by atoms with E-state index in [2.05, 4.69) is 22.2 Å². The van der Waals surface area contributed by atoms with Crippen molar-refractivity contribution in [2.24, 2.45) is 10.1 Å². The molecule has 0 saturated carbocycles. The molecule has 0 atom stereocenters. The van der Waals surface area contributed by atoms with Gasteiger partial charge in [-0.1, -0.05) is 18.2 Å². The maximum absolute atomic E-state index is 11.2. The van der Waals surface area contributed by atoms with Gasteiger partial charge >= 0.3 is 0 Å². The van der Waals surface area contributed by atoms with E-state index >= 15 is 0 Å². The van der Waals surface area contributed by atoms with Gasteiger partial charge in [0.1, 0.15) is 0 Å². The van der Waals surface area contributed by atoms with E-state index in [1.54, 1.807) is 19.2 Å². The molecule has 0 aliphatic heterocycles. The number of nitrogens with one attached hydrogen (secondary N) is 2. The van der Waals surface area contributed by atoms with Crippen LogP contribution in [0.1, 0.15) is 5.56 Å². The molecule has 0 bridgehead atoms. The van der Waals surface area contributed by atoms with E-state index in [0.717, 1.165) is 5.56 Å². The van der Waals surface area contributed by atoms with Crippen LogP contribution in [0.25, 0.3) is 0 Å². The molecule has 7 heteroatoms. The highest BCUT2D eigenvalue weighted by molar-refractivity contribution is 7.89. The third-order valence-corrected chi connectivity index (χ3v) is 3.24. The lowest BCUT2D eigenvalue weighted by molar-refractivity contribution is 0.597. The molecule has 0 heterocycles. The van der Waals surface area contributed by atoms with Gasteiger partial charge in [-0.3, -0.25) is 4.99 Å². The molecule has 0 unspecified atom stereocenters. The molecule has 0 aliphatic carbocycles. The van der Waals surface area contributed by atoms with Gasteiger partial charge in [-0.05, 0) is 17.7 Å². The summed E-state index contributed by atoms with van der Waals surface area (Å²) in [5.41, 5.74) is 0.799. The fourth-order valence-electron chi connectivity index (χ4n) is 1.41. The number of nitrogens with two attached hydrogens (primary N) is 1. The Kier molecular flexibility index (Phi) is 5.53. The molecule has 1 aromatic carbocycles. The van der Waals surface area contributed by atoms with Crippen LogP contribution in [-0.2, 0) is 16.6 Å². The van der Waals surface area contributed by atoms with E-state index in [1.165, 1.54) is 12.1 Å². The molecule has 0 radical (unpaired) electrons. The Hall–Kier alpha value is -1.86. The van der Waals surface area contributed by atoms with Crippen molar-refractivity contribution in [1.82, 2.24) is 10.6 Å². The number of primary sulfonamides is 1. The maximum Gasteiger partial charge on any atom is 0.238 e. The van der Waals surface area contributed by atoms with Gasteiger partial charge in [0, 0.05) is 20.1 Å². The van der Waals surface area contributed by atoms with Crippen LogP contribution in [0.4, 0.5) is 0 Å². The van der Waals surface area contributed by atoms with Gasteiger partial charge in [0.15, 0.2) is 5.96 Å². The van der Waals surface area contributed by atoms with Crippen molar-refractivity contribution in [3.8, 4) is 0 Å². The smallest absolute Gasteiger partial charge is 0.238 e. The van der Waals surface area contributed by atoms with Gasteiger partial charge in [-0.25, -0.2) is 13.6 Å². The zero-order valence-corrected chi connectivity index (χ0v) is 11.6. The van der Waals surface area contributed by atoms with Gasteiger partial charge in [-0.15, -0.1) is 6.58 Å². The number of guanidine groups is 1. The Morgan fingerprint density at radius 1 is 1.47 bits per heavy atom. The first-order valence-corrected chi connectivity index (χ1v) is 7.19. The van der Waals surface area contributed by atoms with Crippen molar-refractivity contribution in [3.63, 3.8) is 0 Å². The molecule has 4 N–H and O–H groups in total. The minimum absolute atomic E-state index is 0.0980. The van der Waals surface area contributed by atoms with Crippen LogP contribution >= 0.6 is 0 Å². The number of hydrogen-bond acceptors (Lipinski definition) is 3. The van der Waals surface area contributed by atoms with Crippen LogP contribution in [0.2, 0.25) is 0 Å². The Morgan fingerprint density at radius 2 is 2.21 bits per heavy atom. The zero-order chi connectivity index (χ0) is 14.3. The lowest BCUT2D eigenvalue weighted by atomic mass is 10.2. The molecule has 1 aromatic rings. The summed E-state index contributed by atoms with van der Waals surface area (Å²) in [6, 6.07) is 6.45. The average molecular weight is 282 g/mol. The average Bonchev–Trinajstić information content (AvgIpc) is 2.38. The van der Waals surface area contributed by atoms with Gasteiger partial charge < -0.3 is 10.6 Å². The first-order valence-electron chi connectivity index (χ1n) is 5.64. The summed E-state index contributed by atoms with van der Waals surface area (Å²) < 4.78 is 22.5. The van der Waals surface area contributed by atoms with E-state index in [-0.39, 0.29) is 4.90 Å². The van der Waals surface area contributed by atoms with E-state index in [0.29, 0.717) is 19.0 Å². The van der Waals surface area contributed by atoms with E-state index in [1.807, 2.05) is 6.07 Å². The third-order valence-electron chi connectivity index (χ3n) is 2.32. The molecule has 0 aromatic heterocycles. The number of aliphatic imine (C=N–C) groups is 1. The second-order valence-electron chi connectivity index (χ2n) is 3.79. The van der Waals surface area contributed by atoms with E-state index in [9.17, 15) is 8.42 Å². The lowest BCUT2D eigenvalue weighted by Gasteiger charge is -2.10. The van der Waals surface area contributed by atoms with Crippen molar-refractivity contribution >= 4 is 16.0 Å². The summed E-state index contributed by atoms with van der Waals surface area (Å²) in [7, 11) is -2.02. The van der Waals surface area contributed by atoms with E-state index < -0.39 is 10.0 Å². The first kappa shape index (κ1) is 15.2. The topological polar surface area (TPSA) is 96.6 Å². The van der Waals surface area contributed by atoms with Gasteiger partial charge in [0.05, 0.1) is 4.90 Å². The molecule has 0 fully saturated rings. The monoisotopic (exact) mass is 282 g/mol. The summed E-state index contributed by atoms with van der Waals surface area (Å²) in [6.07, 6.45) is 1.72. The Labute approximate surface area is 113 Å². The summed E-state index contributed by atoms with van der Waals surface area (Å²) in [5, 5.41) is 11.1. The summed E-state index contributed by atoms with van der Waals surface area (Å²) in [5.74, 6) is 0.612. The van der Waals surface area contributed by atoms with Crippen LogP contribution in [-0.4, -0.2) is 28.0 Å². The summed E-state index contributed by atoms with van der Waals surface area (Å²) >= 11 is 0. The summed E-state index contributed by atoms with van der Waals surface area (Å²) in [4.78, 5) is 4.11. The number of sulfonamides is 1. The predicted octanol–water partition coefficient (Wildman–Crippen LogP) is 0.185. The number of benzene rings is 1. The number of hydrogen-bond donors (Lipinski definition) is 3. The Balaban J connectivity index is 2.70. The van der Waals surface area contributed by atoms with Crippen LogP contribution in [0, 0.1) is 0 Å². The molecular formula is C12H18N4O2S. The highest BCUT2D eigenvalue weighted by atomic mass is 32.2. The second kappa shape index (κ2) is 6.91. The molecule has 0 spiro atoms. The molecule has 104 valence electrons. The first-order chi connectivity index (χ1) is 8.97. The number of nitrogens with zero attached hydrogens (tertiary/aromatic N) is 1. The molecular weight excluding hydrogens is 264 g/mol. The number of rotatable bonds is 5. The minimum Gasteiger partial charge on any atom is -0.353 e. The van der Waals surface area contributed by atoms with Crippen molar-refractivity contribution in [3.05, 3.63) is 42.5 Å². The third kappa shape index (κ3) is 5.11. The van der Waals surface area contributed by atoms with Crippen LogP contribution in [0.15, 0.2) is 46.8 Å². The van der Waals surface area contributed by atoms with Crippen LogP contribution < -0.4 is 15.8 Å². The Bertz CT molecular complexity index is 567. The molecule has 19 heavy (non-hydrogen) atoms. The van der Waals surface area contributed by atoms with Crippen LogP contribution in [0.5, 0.6) is 0 Å². The molecule has 0 amide bonds. The van der Waals surface area contributed by atoms with Crippen molar-refractivity contribution in [2.75, 3.05) is 13.6 Å². The summed E-state index contributed by atoms with van der Waals surface area (Å²) in [6.45, 7) is 4.64. The van der Waals surface area contributed by atoms with Gasteiger partial charge in [0.2, 0.25) is 10.0 Å². The minimum atomic E-state index is -3.67. The van der Waals surface area contributed by atoms with Crippen molar-refractivity contribution in [1.29, 1.82) is 0 Å². The van der Waals surface area contributed by atoms with E-state index in [4.69, 9.17) is 5.14 Å². The second-order valence-corrected chi connectivity index (χ2v) is 5.35. The lowest BCUT2D eigenvalue weighted by Crippen LogP contribution is -2.36. The quantitative estimate of drug-likeness (QED) is 0.408. The SMILES string of the molecule is C=CCNC(=NC)NCc1cccc(S(N)(=O)=O)c1. The molecule has 1 rings (SSSR count). The van der Waals surface area contributed by atoms with Crippen molar-refractivity contribution in [2.45, 2.75) is 11.4 Å². The molecule has 0 aliphatic rings. The maximum atomic E-state index is 11.2. The molecule has 0 saturated heterocycles. The molecule has 6 nitrogen and oxygen atoms in total. The standard InChI is InChI=1S/C12H18N4O2S/c1-3-7-15-12(14-2)16-9-10-5-4-6-11(8-10)19(13,17)18/h3-6,8H,1,7,9H2,2H3,(H2,13,17,18)(H2,14,15,16). The highest BCUT2D eigenvalue weighted by Gasteiger charge is 2.07. The Morgan fingerprint density at radius 3 is 2.79 bits per heavy atom. The largest absolute Gasteiger partial charge is 0.353 e. The van der Waals surface area contributed by atoms with Crippen molar-refractivity contribution < 1.29 is 8.42 Å². The van der Waals surface area contributed by atoms with Gasteiger partial charge in [0.25, 0.3) is 0 Å². The van der Waals surface area contributed by atoms with Crippen LogP contribution in [0.3, 0.4) is 0 Å². The highest BCUT2D eigenvalue weighted by Crippen LogP contribution is 2.09. The zero-order valence-electron chi connectivity index (χ0n) is 10.8. The fourth-order valence-corrected chi connectivity index (χ4v) is 1.99. The van der Waals surface area contributed by atoms with Gasteiger partial charge in [-0.2, -0.15) is 0 Å².